The predicted molar refractivity (Wildman–Crippen MR) is 465 cm³/mol. The second-order valence-electron chi connectivity index (χ2n) is 27.8. The number of hydrogen-bond acceptors (Lipinski definition) is 16. The SMILES string of the molecule is CN(C)c1ccc(-n2c(-c3cccc(-c4nc5c6cccnc6c6ncccc6c5n4-c4ccc(N(C)C)cc4)c3)nc3c4cccnc4c4ncccc4c32)cc1.[Cl-].[Cl-].[Ru+2].c1cnc2c(c1)ccc1cccnc12.c1cnc2c(c1)ccc1cccnc12.c1cnc2c(c1)ccc1cccnc12.c1cnc2c(c1)ccc1cccnc12. The summed E-state index contributed by atoms with van der Waals surface area (Å²) in [5.74, 6) is 1.61. The van der Waals surface area contributed by atoms with Gasteiger partial charge in [0.1, 0.15) is 11.6 Å². The average Bonchev–Trinajstić information content (AvgIpc) is 1.59. The molecule has 0 spiro atoms. The van der Waals surface area contributed by atoms with Gasteiger partial charge in [-0.1, -0.05) is 115 Å². The molecule has 0 radical (unpaired) electrons. The molecule has 0 aliphatic carbocycles. The molecule has 21 heteroatoms. The predicted octanol–water partition coefficient (Wildman–Crippen LogP) is 15.2. The Bertz CT molecular complexity index is 6730. The van der Waals surface area contributed by atoms with Crippen LogP contribution >= 0.6 is 0 Å². The van der Waals surface area contributed by atoms with Gasteiger partial charge in [-0.2, -0.15) is 0 Å². The Balaban J connectivity index is 0.000000138. The van der Waals surface area contributed by atoms with Crippen LogP contribution in [0.4, 0.5) is 11.4 Å². The summed E-state index contributed by atoms with van der Waals surface area (Å²) in [6, 6.07) is 90.7. The number of hydrogen-bond donors (Lipinski definition) is 0. The molecular formula is C96H68Cl2N18Ru. The van der Waals surface area contributed by atoms with Crippen LogP contribution in [-0.2, 0) is 19.5 Å². The van der Waals surface area contributed by atoms with Crippen molar-refractivity contribution >= 4 is 164 Å². The fraction of sp³-hybridized carbons (Fsp3) is 0.0417. The standard InChI is InChI=1S/C48H36N10.4C12H8N2.2ClH.Ru/c1-55(2)31-16-20-33(21-17-31)57-45-37-14-8-26-51-41(37)39-35(12-6-24-49-39)43(45)53-47(57)29-10-5-11-30(28-29)48-54-44-36-13-7-25-50-40(36)42-38(15-9-27-52-42)46(44)58(48)34-22-18-32(19-23-34)56(3)4;4*1-3-9-5-6-10-4-2-8-14-12(10)11(9)13-7-1;;;/h5-28H,1-4H3;4*1-8H;2*1H;/q;;;;;;;+2/p-2. The smallest absolute Gasteiger partial charge is 1.00 e. The third-order valence-electron chi connectivity index (χ3n) is 20.5. The molecule has 117 heavy (non-hydrogen) atoms. The van der Waals surface area contributed by atoms with E-state index in [9.17, 15) is 0 Å². The molecule has 564 valence electrons. The topological polar surface area (TPSA) is 197 Å². The van der Waals surface area contributed by atoms with Gasteiger partial charge >= 0.3 is 19.5 Å². The molecular weight excluding hydrogens is 1580 g/mol. The zero-order chi connectivity index (χ0) is 76.6. The van der Waals surface area contributed by atoms with Crippen LogP contribution in [0.15, 0.2) is 341 Å². The van der Waals surface area contributed by atoms with Gasteiger partial charge < -0.3 is 34.6 Å². The first-order chi connectivity index (χ1) is 56.2. The Morgan fingerprint density at radius 3 is 0.667 bits per heavy atom. The first-order valence-corrected chi connectivity index (χ1v) is 37.3. The van der Waals surface area contributed by atoms with Gasteiger partial charge in [0.2, 0.25) is 0 Å². The largest absolute Gasteiger partial charge is 2.00 e. The third kappa shape index (κ3) is 14.5. The number of anilines is 2. The van der Waals surface area contributed by atoms with Gasteiger partial charge in [0.25, 0.3) is 0 Å². The van der Waals surface area contributed by atoms with Gasteiger partial charge in [-0.25, -0.2) is 9.97 Å². The maximum atomic E-state index is 5.50. The second-order valence-corrected chi connectivity index (χ2v) is 27.8. The van der Waals surface area contributed by atoms with Crippen LogP contribution in [0.5, 0.6) is 0 Å². The number of benzene rings is 9. The summed E-state index contributed by atoms with van der Waals surface area (Å²) in [7, 11) is 8.22. The molecule has 23 aromatic rings. The minimum Gasteiger partial charge on any atom is -1.00 e. The van der Waals surface area contributed by atoms with Crippen LogP contribution in [-0.4, -0.2) is 107 Å². The molecule has 0 amide bonds. The van der Waals surface area contributed by atoms with Gasteiger partial charge in [0.05, 0.1) is 88.3 Å². The van der Waals surface area contributed by atoms with Crippen LogP contribution < -0.4 is 34.6 Å². The zero-order valence-electron chi connectivity index (χ0n) is 63.5. The minimum atomic E-state index is 0. The van der Waals surface area contributed by atoms with E-state index in [1.54, 1.807) is 49.6 Å². The summed E-state index contributed by atoms with van der Waals surface area (Å²) >= 11 is 0. The molecule has 0 bridgehead atoms. The number of nitrogens with zero attached hydrogens (tertiary/aromatic N) is 18. The molecule has 0 unspecified atom stereocenters. The van der Waals surface area contributed by atoms with Crippen molar-refractivity contribution in [1.29, 1.82) is 0 Å². The molecule has 0 N–H and O–H groups in total. The van der Waals surface area contributed by atoms with Crippen LogP contribution in [0.25, 0.3) is 187 Å². The van der Waals surface area contributed by atoms with Gasteiger partial charge in [0, 0.05) is 201 Å². The Morgan fingerprint density at radius 2 is 0.427 bits per heavy atom. The summed E-state index contributed by atoms with van der Waals surface area (Å²) in [6.07, 6.45) is 21.7. The molecule has 23 rings (SSSR count). The Morgan fingerprint density at radius 1 is 0.214 bits per heavy atom. The molecule has 0 fully saturated rings. The third-order valence-corrected chi connectivity index (χ3v) is 20.5. The van der Waals surface area contributed by atoms with Crippen molar-refractivity contribution in [3.63, 3.8) is 0 Å². The molecule has 0 aliphatic rings. The van der Waals surface area contributed by atoms with Crippen molar-refractivity contribution < 1.29 is 44.3 Å². The van der Waals surface area contributed by atoms with E-state index in [1.807, 2.05) is 97.6 Å². The molecule has 18 nitrogen and oxygen atoms in total. The van der Waals surface area contributed by atoms with E-state index >= 15 is 0 Å². The maximum absolute atomic E-state index is 5.50. The quantitative estimate of drug-likeness (QED) is 0.112. The number of aromatic nitrogens is 16. The van der Waals surface area contributed by atoms with Crippen molar-refractivity contribution in [3.8, 4) is 34.2 Å². The maximum Gasteiger partial charge on any atom is 2.00 e. The fourth-order valence-corrected chi connectivity index (χ4v) is 15.1. The summed E-state index contributed by atoms with van der Waals surface area (Å²) in [5, 5.41) is 13.0. The number of fused-ring (bicyclic) bond motifs is 24. The Labute approximate surface area is 696 Å². The van der Waals surface area contributed by atoms with Gasteiger partial charge in [0.15, 0.2) is 0 Å². The molecule has 14 heterocycles. The monoisotopic (exact) mass is 1640 g/mol. The average molecular weight is 1650 g/mol. The van der Waals surface area contributed by atoms with Crippen molar-refractivity contribution in [3.05, 3.63) is 341 Å². The second kappa shape index (κ2) is 33.4. The van der Waals surface area contributed by atoms with Crippen LogP contribution in [0.2, 0.25) is 0 Å². The summed E-state index contributed by atoms with van der Waals surface area (Å²) < 4.78 is 4.54. The minimum absolute atomic E-state index is 0. The van der Waals surface area contributed by atoms with Gasteiger partial charge in [-0.3, -0.25) is 68.9 Å². The van der Waals surface area contributed by atoms with Crippen LogP contribution in [0.3, 0.4) is 0 Å². The fourth-order valence-electron chi connectivity index (χ4n) is 15.1. The molecule has 9 aromatic carbocycles. The number of halogens is 2. The number of imidazole rings is 2. The summed E-state index contributed by atoms with van der Waals surface area (Å²) in [4.78, 5) is 69.3. The molecule has 0 atom stereocenters. The molecule has 14 aromatic heterocycles. The number of rotatable bonds is 6. The van der Waals surface area contributed by atoms with E-state index in [0.29, 0.717) is 0 Å². The van der Waals surface area contributed by atoms with E-state index < -0.39 is 0 Å². The van der Waals surface area contributed by atoms with Crippen molar-refractivity contribution in [2.75, 3.05) is 38.0 Å². The van der Waals surface area contributed by atoms with E-state index in [2.05, 4.69) is 281 Å². The summed E-state index contributed by atoms with van der Waals surface area (Å²) in [5.41, 5.74) is 21.0. The molecule has 0 saturated heterocycles. The molecule has 0 aliphatic heterocycles. The van der Waals surface area contributed by atoms with Crippen LogP contribution in [0.1, 0.15) is 0 Å². The van der Waals surface area contributed by atoms with Crippen molar-refractivity contribution in [1.82, 2.24) is 78.9 Å². The van der Waals surface area contributed by atoms with Crippen molar-refractivity contribution in [2.24, 2.45) is 0 Å². The molecule has 0 saturated carbocycles. The van der Waals surface area contributed by atoms with Crippen molar-refractivity contribution in [2.45, 2.75) is 0 Å². The van der Waals surface area contributed by atoms with E-state index in [-0.39, 0.29) is 44.3 Å². The first-order valence-electron chi connectivity index (χ1n) is 37.3. The first kappa shape index (κ1) is 76.6. The van der Waals surface area contributed by atoms with E-state index in [4.69, 9.17) is 29.9 Å². The van der Waals surface area contributed by atoms with E-state index in [0.717, 1.165) is 198 Å². The Kier molecular flexibility index (Phi) is 21.9. The summed E-state index contributed by atoms with van der Waals surface area (Å²) in [6.45, 7) is 0. The van der Waals surface area contributed by atoms with Crippen LogP contribution in [0, 0.1) is 0 Å². The van der Waals surface area contributed by atoms with Gasteiger partial charge in [-0.15, -0.1) is 0 Å². The normalized spacial score (nSPS) is 11.0. The zero-order valence-corrected chi connectivity index (χ0v) is 66.7. The number of pyridine rings is 12. The van der Waals surface area contributed by atoms with Gasteiger partial charge in [-0.05, 0) is 152 Å². The Hall–Kier alpha value is -14.4. The van der Waals surface area contributed by atoms with E-state index in [1.165, 1.54) is 0 Å².